The Kier molecular flexibility index (Phi) is 4.73. The van der Waals surface area contributed by atoms with Crippen molar-refractivity contribution in [2.45, 2.75) is 18.4 Å². The summed E-state index contributed by atoms with van der Waals surface area (Å²) in [6, 6.07) is 7.81. The number of sulfonamides is 1. The lowest BCUT2D eigenvalue weighted by molar-refractivity contribution is 0.601. The number of benzene rings is 1. The fourth-order valence-corrected chi connectivity index (χ4v) is 3.70. The SMILES string of the molecule is Cc1cccc(NS(=O)(=O)c2ccc(Cl)c(CN)c2Cl)n1. The molecule has 112 valence electrons. The van der Waals surface area contributed by atoms with Crippen LogP contribution in [0.2, 0.25) is 10.0 Å². The number of halogens is 2. The third kappa shape index (κ3) is 3.47. The number of nitrogens with two attached hydrogens (primary N) is 1. The van der Waals surface area contributed by atoms with Gasteiger partial charge in [0.2, 0.25) is 0 Å². The van der Waals surface area contributed by atoms with Gasteiger partial charge in [-0.25, -0.2) is 13.4 Å². The molecular formula is C13H13Cl2N3O2S. The van der Waals surface area contributed by atoms with Crippen molar-refractivity contribution in [1.82, 2.24) is 4.98 Å². The maximum atomic E-state index is 12.4. The Morgan fingerprint density at radius 1 is 1.24 bits per heavy atom. The summed E-state index contributed by atoms with van der Waals surface area (Å²) in [7, 11) is -3.87. The molecule has 1 heterocycles. The summed E-state index contributed by atoms with van der Waals surface area (Å²) in [5.41, 5.74) is 6.62. The summed E-state index contributed by atoms with van der Waals surface area (Å²) < 4.78 is 27.2. The molecule has 3 N–H and O–H groups in total. The minimum atomic E-state index is -3.87. The summed E-state index contributed by atoms with van der Waals surface area (Å²) >= 11 is 12.0. The van der Waals surface area contributed by atoms with E-state index in [2.05, 4.69) is 9.71 Å². The number of hydrogen-bond donors (Lipinski definition) is 2. The maximum absolute atomic E-state index is 12.4. The molecule has 8 heteroatoms. The first-order chi connectivity index (χ1) is 9.85. The summed E-state index contributed by atoms with van der Waals surface area (Å²) in [4.78, 5) is 4.00. The van der Waals surface area contributed by atoms with Crippen molar-refractivity contribution in [3.8, 4) is 0 Å². The third-order valence-electron chi connectivity index (χ3n) is 2.77. The van der Waals surface area contributed by atoms with E-state index in [1.54, 1.807) is 25.1 Å². The van der Waals surface area contributed by atoms with Gasteiger partial charge in [0, 0.05) is 22.8 Å². The predicted octanol–water partition coefficient (Wildman–Crippen LogP) is 2.96. The first kappa shape index (κ1) is 16.0. The molecule has 0 radical (unpaired) electrons. The number of rotatable bonds is 4. The van der Waals surface area contributed by atoms with E-state index in [4.69, 9.17) is 28.9 Å². The highest BCUT2D eigenvalue weighted by Crippen LogP contribution is 2.31. The van der Waals surface area contributed by atoms with Gasteiger partial charge in [0.05, 0.1) is 5.02 Å². The molecule has 0 amide bonds. The molecule has 0 aliphatic heterocycles. The normalized spacial score (nSPS) is 11.4. The largest absolute Gasteiger partial charge is 0.326 e. The average molecular weight is 346 g/mol. The Balaban J connectivity index is 2.45. The lowest BCUT2D eigenvalue weighted by Gasteiger charge is -2.12. The van der Waals surface area contributed by atoms with Crippen LogP contribution in [0.5, 0.6) is 0 Å². The Morgan fingerprint density at radius 2 is 1.95 bits per heavy atom. The third-order valence-corrected chi connectivity index (χ3v) is 5.07. The molecule has 0 aliphatic carbocycles. The fourth-order valence-electron chi connectivity index (χ4n) is 1.76. The van der Waals surface area contributed by atoms with Gasteiger partial charge in [0.15, 0.2) is 0 Å². The molecule has 2 rings (SSSR count). The van der Waals surface area contributed by atoms with Crippen molar-refractivity contribution in [3.63, 3.8) is 0 Å². The van der Waals surface area contributed by atoms with E-state index in [1.807, 2.05) is 0 Å². The second-order valence-electron chi connectivity index (χ2n) is 4.31. The molecule has 0 atom stereocenters. The van der Waals surface area contributed by atoms with Gasteiger partial charge in [-0.05, 0) is 31.2 Å². The van der Waals surface area contributed by atoms with E-state index in [0.29, 0.717) is 16.3 Å². The van der Waals surface area contributed by atoms with Crippen molar-refractivity contribution < 1.29 is 8.42 Å². The maximum Gasteiger partial charge on any atom is 0.264 e. The standard InChI is InChI=1S/C13H13Cl2N3O2S/c1-8-3-2-4-12(17-8)18-21(19,20)11-6-5-10(14)9(7-16)13(11)15/h2-6H,7,16H2,1H3,(H,17,18). The number of aryl methyl sites for hydroxylation is 1. The van der Waals surface area contributed by atoms with Crippen LogP contribution in [0.3, 0.4) is 0 Å². The van der Waals surface area contributed by atoms with Gasteiger partial charge in [0.1, 0.15) is 10.7 Å². The van der Waals surface area contributed by atoms with Gasteiger partial charge in [-0.15, -0.1) is 0 Å². The first-order valence-electron chi connectivity index (χ1n) is 5.98. The quantitative estimate of drug-likeness (QED) is 0.891. The Bertz CT molecular complexity index is 779. The van der Waals surface area contributed by atoms with Gasteiger partial charge in [-0.3, -0.25) is 4.72 Å². The van der Waals surface area contributed by atoms with Crippen LogP contribution in [0.4, 0.5) is 5.82 Å². The summed E-state index contributed by atoms with van der Waals surface area (Å²) in [5, 5.41) is 0.347. The Hall–Kier alpha value is -1.34. The number of nitrogens with one attached hydrogen (secondary N) is 1. The zero-order chi connectivity index (χ0) is 15.6. The number of aromatic nitrogens is 1. The van der Waals surface area contributed by atoms with E-state index in [0.717, 1.165) is 0 Å². The van der Waals surface area contributed by atoms with Crippen molar-refractivity contribution in [2.24, 2.45) is 5.73 Å². The summed E-state index contributed by atoms with van der Waals surface area (Å²) in [6.45, 7) is 1.81. The van der Waals surface area contributed by atoms with Crippen molar-refractivity contribution >= 4 is 39.0 Å². The van der Waals surface area contributed by atoms with Crippen LogP contribution >= 0.6 is 23.2 Å². The molecule has 5 nitrogen and oxygen atoms in total. The van der Waals surface area contributed by atoms with Gasteiger partial charge in [-0.1, -0.05) is 29.3 Å². The van der Waals surface area contributed by atoms with E-state index < -0.39 is 10.0 Å². The average Bonchev–Trinajstić information content (AvgIpc) is 2.38. The lowest BCUT2D eigenvalue weighted by Crippen LogP contribution is -2.15. The van der Waals surface area contributed by atoms with Gasteiger partial charge >= 0.3 is 0 Å². The Morgan fingerprint density at radius 3 is 2.57 bits per heavy atom. The molecule has 0 saturated heterocycles. The van der Waals surface area contributed by atoms with Crippen LogP contribution in [-0.2, 0) is 16.6 Å². The highest BCUT2D eigenvalue weighted by atomic mass is 35.5. The smallest absolute Gasteiger partial charge is 0.264 e. The van der Waals surface area contributed by atoms with Gasteiger partial charge in [0.25, 0.3) is 10.0 Å². The topological polar surface area (TPSA) is 85.1 Å². The van der Waals surface area contributed by atoms with Crippen LogP contribution < -0.4 is 10.5 Å². The monoisotopic (exact) mass is 345 g/mol. The molecule has 21 heavy (non-hydrogen) atoms. The summed E-state index contributed by atoms with van der Waals surface area (Å²) in [5.74, 6) is 0.218. The molecule has 0 aliphatic rings. The minimum Gasteiger partial charge on any atom is -0.326 e. The fraction of sp³-hybridized carbons (Fsp3) is 0.154. The zero-order valence-electron chi connectivity index (χ0n) is 11.1. The molecule has 0 fully saturated rings. The number of hydrogen-bond acceptors (Lipinski definition) is 4. The van der Waals surface area contributed by atoms with E-state index in [-0.39, 0.29) is 22.3 Å². The zero-order valence-corrected chi connectivity index (χ0v) is 13.4. The highest BCUT2D eigenvalue weighted by molar-refractivity contribution is 7.92. The second-order valence-corrected chi connectivity index (χ2v) is 6.75. The first-order valence-corrected chi connectivity index (χ1v) is 8.22. The molecular weight excluding hydrogens is 333 g/mol. The molecule has 0 unspecified atom stereocenters. The highest BCUT2D eigenvalue weighted by Gasteiger charge is 2.21. The Labute approximate surface area is 133 Å². The van der Waals surface area contributed by atoms with Gasteiger partial charge < -0.3 is 5.73 Å². The van der Waals surface area contributed by atoms with Crippen LogP contribution in [0.1, 0.15) is 11.3 Å². The van der Waals surface area contributed by atoms with Gasteiger partial charge in [-0.2, -0.15) is 0 Å². The molecule has 0 bridgehead atoms. The van der Waals surface area contributed by atoms with Crippen LogP contribution in [0, 0.1) is 6.92 Å². The molecule has 2 aromatic rings. The molecule has 1 aromatic carbocycles. The van der Waals surface area contributed by atoms with Crippen molar-refractivity contribution in [2.75, 3.05) is 4.72 Å². The van der Waals surface area contributed by atoms with Crippen LogP contribution in [0.25, 0.3) is 0 Å². The molecule has 0 saturated carbocycles. The van der Waals surface area contributed by atoms with Crippen molar-refractivity contribution in [3.05, 3.63) is 51.6 Å². The predicted molar refractivity (Wildman–Crippen MR) is 84.1 cm³/mol. The van der Waals surface area contributed by atoms with Crippen LogP contribution in [0.15, 0.2) is 35.2 Å². The number of nitrogens with zero attached hydrogens (tertiary/aromatic N) is 1. The summed E-state index contributed by atoms with van der Waals surface area (Å²) in [6.07, 6.45) is 0. The molecule has 0 spiro atoms. The lowest BCUT2D eigenvalue weighted by atomic mass is 10.2. The van der Waals surface area contributed by atoms with E-state index in [9.17, 15) is 8.42 Å². The molecule has 1 aromatic heterocycles. The number of anilines is 1. The van der Waals surface area contributed by atoms with Crippen molar-refractivity contribution in [1.29, 1.82) is 0 Å². The van der Waals surface area contributed by atoms with E-state index in [1.165, 1.54) is 12.1 Å². The number of pyridine rings is 1. The minimum absolute atomic E-state index is 0.0187. The van der Waals surface area contributed by atoms with Crippen LogP contribution in [-0.4, -0.2) is 13.4 Å². The second kappa shape index (κ2) is 6.19. The van der Waals surface area contributed by atoms with E-state index >= 15 is 0 Å².